The van der Waals surface area contributed by atoms with Crippen molar-refractivity contribution in [3.05, 3.63) is 64.2 Å². The maximum atomic E-state index is 6.03. The molecule has 2 heteroatoms. The van der Waals surface area contributed by atoms with Crippen molar-refractivity contribution in [1.82, 2.24) is 0 Å². The Labute approximate surface area is 127 Å². The van der Waals surface area contributed by atoms with E-state index in [0.717, 1.165) is 23.7 Å². The highest BCUT2D eigenvalue weighted by atomic mass is 35.5. The average Bonchev–Trinajstić information content (AvgIpc) is 2.41. The molecule has 0 unspecified atom stereocenters. The first-order chi connectivity index (χ1) is 9.54. The van der Waals surface area contributed by atoms with E-state index in [-0.39, 0.29) is 0 Å². The van der Waals surface area contributed by atoms with Gasteiger partial charge in [-0.1, -0.05) is 55.8 Å². The number of benzene rings is 2. The molecule has 0 saturated carbocycles. The van der Waals surface area contributed by atoms with E-state index in [1.807, 2.05) is 18.2 Å². The third kappa shape index (κ3) is 4.28. The smallest absolute Gasteiger partial charge is 0.0426 e. The Morgan fingerprint density at radius 2 is 1.65 bits per heavy atom. The Balaban J connectivity index is 1.98. The fourth-order valence-electron chi connectivity index (χ4n) is 2.25. The summed E-state index contributed by atoms with van der Waals surface area (Å²) in [4.78, 5) is 0. The number of hydrogen-bond donors (Lipinski definition) is 1. The third-order valence-corrected chi connectivity index (χ3v) is 3.58. The van der Waals surface area contributed by atoms with Crippen LogP contribution < -0.4 is 5.32 Å². The first-order valence-corrected chi connectivity index (χ1v) is 7.50. The van der Waals surface area contributed by atoms with Crippen LogP contribution in [0.15, 0.2) is 42.5 Å². The van der Waals surface area contributed by atoms with Gasteiger partial charge in [0.1, 0.15) is 0 Å². The van der Waals surface area contributed by atoms with Gasteiger partial charge < -0.3 is 5.32 Å². The average molecular weight is 288 g/mol. The van der Waals surface area contributed by atoms with Gasteiger partial charge in [0, 0.05) is 17.3 Å². The summed E-state index contributed by atoms with van der Waals surface area (Å²) in [7, 11) is 0. The number of nitrogens with one attached hydrogen (secondary N) is 1. The maximum absolute atomic E-state index is 6.03. The van der Waals surface area contributed by atoms with E-state index in [1.54, 1.807) is 0 Å². The highest BCUT2D eigenvalue weighted by Crippen LogP contribution is 2.21. The molecule has 0 aromatic heterocycles. The van der Waals surface area contributed by atoms with Crippen LogP contribution in [0, 0.1) is 12.8 Å². The molecular weight excluding hydrogens is 266 g/mol. The summed E-state index contributed by atoms with van der Waals surface area (Å²) in [6.07, 6.45) is 1.14. The summed E-state index contributed by atoms with van der Waals surface area (Å²) in [6.45, 7) is 7.41. The van der Waals surface area contributed by atoms with Crippen molar-refractivity contribution in [1.29, 1.82) is 0 Å². The highest BCUT2D eigenvalue weighted by molar-refractivity contribution is 6.30. The number of hydrogen-bond acceptors (Lipinski definition) is 1. The predicted molar refractivity (Wildman–Crippen MR) is 88.5 cm³/mol. The molecule has 20 heavy (non-hydrogen) atoms. The monoisotopic (exact) mass is 287 g/mol. The molecular formula is C18H22ClN. The van der Waals surface area contributed by atoms with Crippen molar-refractivity contribution in [2.45, 2.75) is 33.7 Å². The van der Waals surface area contributed by atoms with Crippen molar-refractivity contribution in [3.8, 4) is 0 Å². The van der Waals surface area contributed by atoms with Gasteiger partial charge in [-0.05, 0) is 48.1 Å². The van der Waals surface area contributed by atoms with Gasteiger partial charge in [0.2, 0.25) is 0 Å². The molecule has 0 aliphatic rings. The molecule has 2 aromatic rings. The van der Waals surface area contributed by atoms with Crippen molar-refractivity contribution in [3.63, 3.8) is 0 Å². The van der Waals surface area contributed by atoms with Crippen LogP contribution in [0.5, 0.6) is 0 Å². The van der Waals surface area contributed by atoms with Crippen molar-refractivity contribution >= 4 is 17.3 Å². The minimum Gasteiger partial charge on any atom is -0.381 e. The number of aryl methyl sites for hydroxylation is 1. The molecule has 0 heterocycles. The molecule has 0 spiro atoms. The molecule has 106 valence electrons. The van der Waals surface area contributed by atoms with Crippen molar-refractivity contribution in [2.75, 3.05) is 5.32 Å². The van der Waals surface area contributed by atoms with E-state index in [4.69, 9.17) is 11.6 Å². The second-order valence-electron chi connectivity index (χ2n) is 5.73. The van der Waals surface area contributed by atoms with E-state index in [9.17, 15) is 0 Å². The molecule has 2 aromatic carbocycles. The SMILES string of the molecule is Cc1ccc(Cl)cc1NCc1ccc(CC(C)C)cc1. The molecule has 0 radical (unpaired) electrons. The number of halogens is 1. The maximum Gasteiger partial charge on any atom is 0.0426 e. The van der Waals surface area contributed by atoms with Crippen molar-refractivity contribution < 1.29 is 0 Å². The van der Waals surface area contributed by atoms with Gasteiger partial charge in [-0.2, -0.15) is 0 Å². The number of rotatable bonds is 5. The molecule has 0 fully saturated rings. The van der Waals surface area contributed by atoms with Gasteiger partial charge in [-0.3, -0.25) is 0 Å². The fourth-order valence-corrected chi connectivity index (χ4v) is 2.42. The van der Waals surface area contributed by atoms with Crippen LogP contribution in [0.2, 0.25) is 5.02 Å². The van der Waals surface area contributed by atoms with Gasteiger partial charge in [0.25, 0.3) is 0 Å². The normalized spacial score (nSPS) is 10.8. The minimum atomic E-state index is 0.702. The van der Waals surface area contributed by atoms with Gasteiger partial charge in [0.15, 0.2) is 0 Å². The Morgan fingerprint density at radius 3 is 2.30 bits per heavy atom. The molecule has 0 amide bonds. The number of anilines is 1. The van der Waals surface area contributed by atoms with E-state index < -0.39 is 0 Å². The second kappa shape index (κ2) is 6.81. The summed E-state index contributed by atoms with van der Waals surface area (Å²) in [5.74, 6) is 0.702. The summed E-state index contributed by atoms with van der Waals surface area (Å²) < 4.78 is 0. The molecule has 0 bridgehead atoms. The molecule has 0 saturated heterocycles. The van der Waals surface area contributed by atoms with Crippen LogP contribution in [-0.2, 0) is 13.0 Å². The van der Waals surface area contributed by atoms with E-state index in [0.29, 0.717) is 5.92 Å². The standard InChI is InChI=1S/C18H22ClN/c1-13(2)10-15-5-7-16(8-6-15)12-20-18-11-17(19)9-4-14(18)3/h4-9,11,13,20H,10,12H2,1-3H3. The van der Waals surface area contributed by atoms with Crippen molar-refractivity contribution in [2.24, 2.45) is 5.92 Å². The van der Waals surface area contributed by atoms with Crippen LogP contribution >= 0.6 is 11.6 Å². The van der Waals surface area contributed by atoms with Crippen LogP contribution in [0.25, 0.3) is 0 Å². The topological polar surface area (TPSA) is 12.0 Å². The molecule has 1 nitrogen and oxygen atoms in total. The Hall–Kier alpha value is -1.47. The first kappa shape index (κ1) is 14.9. The molecule has 0 atom stereocenters. The van der Waals surface area contributed by atoms with Gasteiger partial charge in [-0.25, -0.2) is 0 Å². The van der Waals surface area contributed by atoms with Gasteiger partial charge >= 0.3 is 0 Å². The molecule has 0 aliphatic carbocycles. The zero-order chi connectivity index (χ0) is 14.5. The first-order valence-electron chi connectivity index (χ1n) is 7.12. The Bertz CT molecular complexity index is 558. The predicted octanol–water partition coefficient (Wildman–Crippen LogP) is 5.46. The minimum absolute atomic E-state index is 0.702. The summed E-state index contributed by atoms with van der Waals surface area (Å²) in [5.41, 5.74) is 5.01. The molecule has 1 N–H and O–H groups in total. The second-order valence-corrected chi connectivity index (χ2v) is 6.16. The highest BCUT2D eigenvalue weighted by Gasteiger charge is 2.01. The molecule has 0 aliphatic heterocycles. The lowest BCUT2D eigenvalue weighted by molar-refractivity contribution is 0.647. The van der Waals surface area contributed by atoms with E-state index >= 15 is 0 Å². The summed E-state index contributed by atoms with van der Waals surface area (Å²) in [5, 5.41) is 4.21. The van der Waals surface area contributed by atoms with Gasteiger partial charge in [0.05, 0.1) is 0 Å². The van der Waals surface area contributed by atoms with E-state index in [2.05, 4.69) is 50.4 Å². The Kier molecular flexibility index (Phi) is 5.08. The van der Waals surface area contributed by atoms with Crippen LogP contribution in [0.4, 0.5) is 5.69 Å². The van der Waals surface area contributed by atoms with Crippen LogP contribution in [0.1, 0.15) is 30.5 Å². The van der Waals surface area contributed by atoms with E-state index in [1.165, 1.54) is 16.7 Å². The van der Waals surface area contributed by atoms with Crippen LogP contribution in [0.3, 0.4) is 0 Å². The summed E-state index contributed by atoms with van der Waals surface area (Å²) >= 11 is 6.03. The lowest BCUT2D eigenvalue weighted by atomic mass is 10.0. The largest absolute Gasteiger partial charge is 0.381 e. The van der Waals surface area contributed by atoms with Crippen LogP contribution in [-0.4, -0.2) is 0 Å². The zero-order valence-corrected chi connectivity index (χ0v) is 13.2. The quantitative estimate of drug-likeness (QED) is 0.770. The van der Waals surface area contributed by atoms with Gasteiger partial charge in [-0.15, -0.1) is 0 Å². The summed E-state index contributed by atoms with van der Waals surface area (Å²) in [6, 6.07) is 14.8. The Morgan fingerprint density at radius 1 is 1.00 bits per heavy atom. The molecule has 2 rings (SSSR count). The fraction of sp³-hybridized carbons (Fsp3) is 0.333. The third-order valence-electron chi connectivity index (χ3n) is 3.35. The lowest BCUT2D eigenvalue weighted by Gasteiger charge is -2.11. The zero-order valence-electron chi connectivity index (χ0n) is 12.4. The lowest BCUT2D eigenvalue weighted by Crippen LogP contribution is -2.01.